The molecule has 0 aliphatic carbocycles. The maximum absolute atomic E-state index is 5.48. The number of furan rings is 1. The third-order valence-electron chi connectivity index (χ3n) is 4.44. The summed E-state index contributed by atoms with van der Waals surface area (Å²) in [5.41, 5.74) is 3.41. The normalized spacial score (nSPS) is 10.4. The van der Waals surface area contributed by atoms with Gasteiger partial charge in [0.25, 0.3) is 0 Å². The van der Waals surface area contributed by atoms with Gasteiger partial charge in [0.05, 0.1) is 0 Å². The predicted molar refractivity (Wildman–Crippen MR) is 111 cm³/mol. The molecule has 30 heavy (non-hydrogen) atoms. The summed E-state index contributed by atoms with van der Waals surface area (Å²) in [7, 11) is 0. The Morgan fingerprint density at radius 3 is 2.53 bits per heavy atom. The van der Waals surface area contributed by atoms with Crippen LogP contribution in [0.3, 0.4) is 0 Å². The molecule has 0 unspecified atom stereocenters. The van der Waals surface area contributed by atoms with Gasteiger partial charge in [0, 0.05) is 29.5 Å². The van der Waals surface area contributed by atoms with Crippen molar-refractivity contribution in [1.82, 2.24) is 14.8 Å². The topological polar surface area (TPSA) is 47.1 Å². The first-order valence-corrected chi connectivity index (χ1v) is 9.19. The van der Waals surface area contributed by atoms with E-state index in [4.69, 9.17) is 9.40 Å². The van der Waals surface area contributed by atoms with Gasteiger partial charge in [0.1, 0.15) is 5.82 Å². The molecule has 0 aliphatic heterocycles. The smallest absolute Gasteiger partial charge is 0.545 e. The second-order valence-electron chi connectivity index (χ2n) is 6.32. The average Bonchev–Trinajstić information content (AvgIpc) is 3.50. The summed E-state index contributed by atoms with van der Waals surface area (Å²) in [6.07, 6.45) is 5.24. The standard InChI is InChI=1S/C24H16N4O.Pt/c1-2-8-19(9-3-1)28(21-11-4-10-20(18-21)27-16-7-15-25-27)24-14-5-12-22(26-24)23-13-6-17-29-23;/h1-12,14-17H;/q-2;+2. The van der Waals surface area contributed by atoms with Crippen molar-refractivity contribution in [2.45, 2.75) is 0 Å². The van der Waals surface area contributed by atoms with Gasteiger partial charge in [-0.3, -0.25) is 9.67 Å². The third-order valence-corrected chi connectivity index (χ3v) is 4.44. The molecule has 0 fully saturated rings. The van der Waals surface area contributed by atoms with Crippen LogP contribution in [0.25, 0.3) is 17.1 Å². The van der Waals surface area contributed by atoms with Crippen LogP contribution in [0.5, 0.6) is 0 Å². The van der Waals surface area contributed by atoms with E-state index < -0.39 is 0 Å². The molecule has 0 saturated carbocycles. The molecule has 2 aromatic carbocycles. The Hall–Kier alpha value is -3.43. The SMILES string of the molecule is [Pt+2].[c-]1c(N(c2ccccc2)c2cccc(-c3[c-]cco3)n2)cccc1-n1cccn1. The molecule has 0 saturated heterocycles. The summed E-state index contributed by atoms with van der Waals surface area (Å²) in [4.78, 5) is 6.87. The fourth-order valence-electron chi connectivity index (χ4n) is 3.15. The van der Waals surface area contributed by atoms with Crippen LogP contribution in [-0.2, 0) is 21.1 Å². The van der Waals surface area contributed by atoms with Crippen LogP contribution >= 0.6 is 0 Å². The van der Waals surface area contributed by atoms with Crippen molar-refractivity contribution in [3.05, 3.63) is 110 Å². The number of hydrogen-bond donors (Lipinski definition) is 0. The van der Waals surface area contributed by atoms with E-state index in [1.165, 1.54) is 0 Å². The number of benzene rings is 2. The molecule has 5 rings (SSSR count). The molecule has 0 N–H and O–H groups in total. The number of pyridine rings is 1. The van der Waals surface area contributed by atoms with Gasteiger partial charge in [-0.25, -0.2) is 0 Å². The minimum Gasteiger partial charge on any atom is -0.545 e. The van der Waals surface area contributed by atoms with Crippen LogP contribution in [0.2, 0.25) is 0 Å². The van der Waals surface area contributed by atoms with Gasteiger partial charge in [-0.1, -0.05) is 36.0 Å². The van der Waals surface area contributed by atoms with E-state index in [1.54, 1.807) is 23.2 Å². The number of para-hydroxylation sites is 1. The zero-order valence-corrected chi connectivity index (χ0v) is 18.0. The van der Waals surface area contributed by atoms with Gasteiger partial charge in [0.2, 0.25) is 0 Å². The van der Waals surface area contributed by atoms with E-state index in [0.717, 1.165) is 28.6 Å². The number of anilines is 3. The van der Waals surface area contributed by atoms with Gasteiger partial charge in [-0.2, -0.15) is 11.2 Å². The molecule has 148 valence electrons. The molecule has 5 aromatic rings. The Bertz CT molecular complexity index is 1130. The summed E-state index contributed by atoms with van der Waals surface area (Å²) in [6.45, 7) is 0. The van der Waals surface area contributed by atoms with Crippen molar-refractivity contribution < 1.29 is 25.5 Å². The van der Waals surface area contributed by atoms with E-state index in [0.29, 0.717) is 5.76 Å². The predicted octanol–water partition coefficient (Wildman–Crippen LogP) is 5.59. The summed E-state index contributed by atoms with van der Waals surface area (Å²) in [6, 6.07) is 32.0. The van der Waals surface area contributed by atoms with Crippen LogP contribution in [0, 0.1) is 12.1 Å². The quantitative estimate of drug-likeness (QED) is 0.258. The maximum atomic E-state index is 5.48. The summed E-state index contributed by atoms with van der Waals surface area (Å²) >= 11 is 0. The van der Waals surface area contributed by atoms with Crippen LogP contribution in [0.4, 0.5) is 17.2 Å². The second-order valence-corrected chi connectivity index (χ2v) is 6.32. The Labute approximate surface area is 188 Å². The van der Waals surface area contributed by atoms with E-state index in [1.807, 2.05) is 79.0 Å². The largest absolute Gasteiger partial charge is 2.00 e. The van der Waals surface area contributed by atoms with Crippen LogP contribution in [0.1, 0.15) is 0 Å². The molecule has 5 nitrogen and oxygen atoms in total. The van der Waals surface area contributed by atoms with Crippen molar-refractivity contribution in [3.63, 3.8) is 0 Å². The van der Waals surface area contributed by atoms with Crippen LogP contribution in [0.15, 0.2) is 102 Å². The number of rotatable bonds is 5. The molecule has 0 bridgehead atoms. The second kappa shape index (κ2) is 8.93. The summed E-state index contributed by atoms with van der Waals surface area (Å²) < 4.78 is 7.26. The van der Waals surface area contributed by atoms with Crippen LogP contribution in [-0.4, -0.2) is 14.8 Å². The first kappa shape index (κ1) is 19.9. The Morgan fingerprint density at radius 1 is 0.900 bits per heavy atom. The molecular formula is C24H16N4OPt. The van der Waals surface area contributed by atoms with E-state index in [9.17, 15) is 0 Å². The Kier molecular flexibility index (Phi) is 5.91. The molecule has 0 amide bonds. The monoisotopic (exact) mass is 571 g/mol. The Morgan fingerprint density at radius 2 is 1.77 bits per heavy atom. The summed E-state index contributed by atoms with van der Waals surface area (Å²) in [5.74, 6) is 1.36. The van der Waals surface area contributed by atoms with Gasteiger partial charge in [-0.15, -0.1) is 30.3 Å². The minimum absolute atomic E-state index is 0. The van der Waals surface area contributed by atoms with Gasteiger partial charge >= 0.3 is 21.1 Å². The zero-order chi connectivity index (χ0) is 19.5. The number of aromatic nitrogens is 3. The van der Waals surface area contributed by atoms with Crippen molar-refractivity contribution in [3.8, 4) is 17.1 Å². The average molecular weight is 571 g/mol. The Balaban J connectivity index is 0.00000218. The molecule has 0 atom stereocenters. The van der Waals surface area contributed by atoms with Crippen molar-refractivity contribution in [2.75, 3.05) is 4.90 Å². The van der Waals surface area contributed by atoms with E-state index in [2.05, 4.69) is 22.1 Å². The first-order valence-electron chi connectivity index (χ1n) is 9.19. The van der Waals surface area contributed by atoms with Gasteiger partial charge in [0.15, 0.2) is 0 Å². The fraction of sp³-hybridized carbons (Fsp3) is 0. The van der Waals surface area contributed by atoms with E-state index >= 15 is 0 Å². The molecule has 6 heteroatoms. The van der Waals surface area contributed by atoms with Crippen molar-refractivity contribution >= 4 is 17.2 Å². The molecule has 3 aromatic heterocycles. The number of nitrogens with zero attached hydrogens (tertiary/aromatic N) is 4. The molecular weight excluding hydrogens is 555 g/mol. The maximum Gasteiger partial charge on any atom is 2.00 e. The zero-order valence-electron chi connectivity index (χ0n) is 15.8. The molecule has 0 radical (unpaired) electrons. The fourth-order valence-corrected chi connectivity index (χ4v) is 3.15. The van der Waals surface area contributed by atoms with E-state index in [-0.39, 0.29) is 21.1 Å². The van der Waals surface area contributed by atoms with Crippen molar-refractivity contribution in [2.24, 2.45) is 0 Å². The van der Waals surface area contributed by atoms with Gasteiger partial charge < -0.3 is 9.32 Å². The summed E-state index contributed by atoms with van der Waals surface area (Å²) in [5, 5.41) is 4.32. The number of hydrogen-bond acceptors (Lipinski definition) is 4. The van der Waals surface area contributed by atoms with Gasteiger partial charge in [-0.05, 0) is 36.2 Å². The van der Waals surface area contributed by atoms with Crippen LogP contribution < -0.4 is 4.90 Å². The third kappa shape index (κ3) is 3.98. The first-order chi connectivity index (χ1) is 14.4. The molecule has 0 aliphatic rings. The minimum atomic E-state index is 0. The molecule has 3 heterocycles. The van der Waals surface area contributed by atoms with Crippen molar-refractivity contribution in [1.29, 1.82) is 0 Å². The molecule has 0 spiro atoms.